The monoisotopic (exact) mass is 197 g/mol. The molecule has 0 spiro atoms. The number of ether oxygens (including phenoxy) is 1. The number of carbonyl (C=O) groups excluding carboxylic acids is 1. The van der Waals surface area contributed by atoms with E-state index in [2.05, 4.69) is 22.1 Å². The molecule has 1 unspecified atom stereocenters. The molecule has 3 nitrogen and oxygen atoms in total. The van der Waals surface area contributed by atoms with E-state index < -0.39 is 0 Å². The molecule has 1 aliphatic rings. The van der Waals surface area contributed by atoms with E-state index in [1.165, 1.54) is 5.56 Å². The minimum atomic E-state index is -0.282. The zero-order chi connectivity index (χ0) is 9.10. The SMILES string of the molecule is O=C1NC(CCc2ccsc2)CO1. The Labute approximate surface area is 80.7 Å². The topological polar surface area (TPSA) is 38.3 Å². The summed E-state index contributed by atoms with van der Waals surface area (Å²) in [6, 6.07) is 2.31. The van der Waals surface area contributed by atoms with Crippen molar-refractivity contribution in [2.24, 2.45) is 0 Å². The zero-order valence-corrected chi connectivity index (χ0v) is 7.97. The van der Waals surface area contributed by atoms with Gasteiger partial charge >= 0.3 is 6.09 Å². The Bertz CT molecular complexity index is 284. The van der Waals surface area contributed by atoms with Gasteiger partial charge in [-0.05, 0) is 35.2 Å². The van der Waals surface area contributed by atoms with Gasteiger partial charge in [0.2, 0.25) is 0 Å². The molecule has 2 rings (SSSR count). The summed E-state index contributed by atoms with van der Waals surface area (Å²) < 4.78 is 4.79. The Morgan fingerprint density at radius 2 is 2.62 bits per heavy atom. The molecule has 1 aromatic rings. The molecule has 1 aliphatic heterocycles. The fourth-order valence-electron chi connectivity index (χ4n) is 1.36. The molecule has 2 heterocycles. The highest BCUT2D eigenvalue weighted by Crippen LogP contribution is 2.11. The van der Waals surface area contributed by atoms with Gasteiger partial charge in [0.1, 0.15) is 6.61 Å². The molecular formula is C9H11NO2S. The molecule has 70 valence electrons. The lowest BCUT2D eigenvalue weighted by Gasteiger charge is -2.04. The van der Waals surface area contributed by atoms with E-state index in [0.29, 0.717) is 6.61 Å². The fraction of sp³-hybridized carbons (Fsp3) is 0.444. The van der Waals surface area contributed by atoms with E-state index in [1.807, 2.05) is 0 Å². The second-order valence-corrected chi connectivity index (χ2v) is 3.89. The van der Waals surface area contributed by atoms with Gasteiger partial charge in [-0.1, -0.05) is 0 Å². The Balaban J connectivity index is 1.77. The van der Waals surface area contributed by atoms with E-state index in [0.717, 1.165) is 12.8 Å². The number of rotatable bonds is 3. The molecule has 1 aromatic heterocycles. The first-order chi connectivity index (χ1) is 6.34. The maximum Gasteiger partial charge on any atom is 0.407 e. The smallest absolute Gasteiger partial charge is 0.407 e. The van der Waals surface area contributed by atoms with Crippen LogP contribution in [0, 0.1) is 0 Å². The Kier molecular flexibility index (Phi) is 2.49. The number of thiophene rings is 1. The number of alkyl carbamates (subject to hydrolysis) is 1. The molecule has 13 heavy (non-hydrogen) atoms. The van der Waals surface area contributed by atoms with E-state index >= 15 is 0 Å². The first kappa shape index (κ1) is 8.56. The fourth-order valence-corrected chi connectivity index (χ4v) is 2.06. The van der Waals surface area contributed by atoms with Gasteiger partial charge in [-0.3, -0.25) is 0 Å². The molecule has 4 heteroatoms. The van der Waals surface area contributed by atoms with Gasteiger partial charge in [0, 0.05) is 0 Å². The van der Waals surface area contributed by atoms with E-state index in [4.69, 9.17) is 4.74 Å². The van der Waals surface area contributed by atoms with Crippen molar-refractivity contribution in [3.05, 3.63) is 22.4 Å². The molecular weight excluding hydrogens is 186 g/mol. The normalized spacial score (nSPS) is 21.2. The number of aryl methyl sites for hydroxylation is 1. The summed E-state index contributed by atoms with van der Waals surface area (Å²) in [5.41, 5.74) is 1.34. The second kappa shape index (κ2) is 3.79. The summed E-state index contributed by atoms with van der Waals surface area (Å²) in [5, 5.41) is 6.96. The van der Waals surface area contributed by atoms with Crippen LogP contribution in [-0.4, -0.2) is 18.7 Å². The van der Waals surface area contributed by atoms with E-state index in [1.54, 1.807) is 11.3 Å². The van der Waals surface area contributed by atoms with Crippen molar-refractivity contribution >= 4 is 17.4 Å². The molecule has 1 N–H and O–H groups in total. The van der Waals surface area contributed by atoms with Crippen molar-refractivity contribution in [2.45, 2.75) is 18.9 Å². The number of hydrogen-bond acceptors (Lipinski definition) is 3. The lowest BCUT2D eigenvalue weighted by molar-refractivity contribution is 0.176. The third-order valence-electron chi connectivity index (χ3n) is 2.10. The number of amides is 1. The van der Waals surface area contributed by atoms with Crippen LogP contribution in [-0.2, 0) is 11.2 Å². The lowest BCUT2D eigenvalue weighted by Crippen LogP contribution is -2.26. The van der Waals surface area contributed by atoms with Crippen molar-refractivity contribution in [1.82, 2.24) is 5.32 Å². The minimum Gasteiger partial charge on any atom is -0.447 e. The van der Waals surface area contributed by atoms with Crippen LogP contribution in [0.4, 0.5) is 4.79 Å². The van der Waals surface area contributed by atoms with Gasteiger partial charge in [0.15, 0.2) is 0 Å². The summed E-state index contributed by atoms with van der Waals surface area (Å²) >= 11 is 1.70. The molecule has 0 aromatic carbocycles. The van der Waals surface area contributed by atoms with Gasteiger partial charge in [-0.15, -0.1) is 0 Å². The van der Waals surface area contributed by atoms with Crippen LogP contribution < -0.4 is 5.32 Å². The minimum absolute atomic E-state index is 0.201. The van der Waals surface area contributed by atoms with Crippen molar-refractivity contribution in [2.75, 3.05) is 6.61 Å². The van der Waals surface area contributed by atoms with Gasteiger partial charge in [-0.25, -0.2) is 4.79 Å². The van der Waals surface area contributed by atoms with Crippen LogP contribution in [0.25, 0.3) is 0 Å². The number of hydrogen-bond donors (Lipinski definition) is 1. The molecule has 1 fully saturated rings. The van der Waals surface area contributed by atoms with E-state index in [9.17, 15) is 4.79 Å². The largest absolute Gasteiger partial charge is 0.447 e. The first-order valence-corrected chi connectivity index (χ1v) is 5.23. The average molecular weight is 197 g/mol. The highest BCUT2D eigenvalue weighted by molar-refractivity contribution is 7.07. The molecule has 1 amide bonds. The predicted octanol–water partition coefficient (Wildman–Crippen LogP) is 1.79. The van der Waals surface area contributed by atoms with Gasteiger partial charge in [0.25, 0.3) is 0 Å². The summed E-state index contributed by atoms with van der Waals surface area (Å²) in [7, 11) is 0. The zero-order valence-electron chi connectivity index (χ0n) is 7.16. The third kappa shape index (κ3) is 2.21. The summed E-state index contributed by atoms with van der Waals surface area (Å²) in [6.45, 7) is 0.517. The van der Waals surface area contributed by atoms with E-state index in [-0.39, 0.29) is 12.1 Å². The molecule has 0 radical (unpaired) electrons. The van der Waals surface area contributed by atoms with Gasteiger partial charge in [0.05, 0.1) is 6.04 Å². The van der Waals surface area contributed by atoms with Crippen molar-refractivity contribution in [3.8, 4) is 0 Å². The second-order valence-electron chi connectivity index (χ2n) is 3.11. The van der Waals surface area contributed by atoms with Gasteiger partial charge in [-0.2, -0.15) is 11.3 Å². The standard InChI is InChI=1S/C9H11NO2S/c11-9-10-8(5-12-9)2-1-7-3-4-13-6-7/h3-4,6,8H,1-2,5H2,(H,10,11). The lowest BCUT2D eigenvalue weighted by atomic mass is 10.1. The Hall–Kier alpha value is -1.03. The molecule has 0 bridgehead atoms. The summed E-state index contributed by atoms with van der Waals surface area (Å²) in [4.78, 5) is 10.7. The summed E-state index contributed by atoms with van der Waals surface area (Å²) in [6.07, 6.45) is 1.69. The number of cyclic esters (lactones) is 1. The van der Waals surface area contributed by atoms with Crippen LogP contribution in [0.3, 0.4) is 0 Å². The maximum absolute atomic E-state index is 10.7. The average Bonchev–Trinajstić information content (AvgIpc) is 2.71. The van der Waals surface area contributed by atoms with Crippen LogP contribution >= 0.6 is 11.3 Å². The third-order valence-corrected chi connectivity index (χ3v) is 2.83. The van der Waals surface area contributed by atoms with Crippen molar-refractivity contribution < 1.29 is 9.53 Å². The van der Waals surface area contributed by atoms with Crippen molar-refractivity contribution in [3.63, 3.8) is 0 Å². The van der Waals surface area contributed by atoms with Gasteiger partial charge < -0.3 is 10.1 Å². The number of nitrogens with one attached hydrogen (secondary N) is 1. The Morgan fingerprint density at radius 1 is 1.69 bits per heavy atom. The number of carbonyl (C=O) groups is 1. The first-order valence-electron chi connectivity index (χ1n) is 4.29. The maximum atomic E-state index is 10.7. The molecule has 1 saturated heterocycles. The highest BCUT2D eigenvalue weighted by Gasteiger charge is 2.21. The summed E-state index contributed by atoms with van der Waals surface area (Å²) in [5.74, 6) is 0. The van der Waals surface area contributed by atoms with Crippen LogP contribution in [0.2, 0.25) is 0 Å². The molecule has 0 saturated carbocycles. The highest BCUT2D eigenvalue weighted by atomic mass is 32.1. The predicted molar refractivity (Wildman–Crippen MR) is 50.9 cm³/mol. The van der Waals surface area contributed by atoms with Crippen LogP contribution in [0.5, 0.6) is 0 Å². The van der Waals surface area contributed by atoms with Crippen LogP contribution in [0.1, 0.15) is 12.0 Å². The van der Waals surface area contributed by atoms with Crippen molar-refractivity contribution in [1.29, 1.82) is 0 Å². The quantitative estimate of drug-likeness (QED) is 0.802. The molecule has 0 aliphatic carbocycles. The molecule has 1 atom stereocenters. The van der Waals surface area contributed by atoms with Crippen LogP contribution in [0.15, 0.2) is 16.8 Å². The Morgan fingerprint density at radius 3 is 3.23 bits per heavy atom.